The molecule has 5 heteroatoms. The molecule has 0 aliphatic carbocycles. The Bertz CT molecular complexity index is 431. The van der Waals surface area contributed by atoms with Crippen molar-refractivity contribution in [1.82, 2.24) is 19.7 Å². The van der Waals surface area contributed by atoms with Crippen LogP contribution in [0.5, 0.6) is 0 Å². The number of rotatable bonds is 3. The van der Waals surface area contributed by atoms with Gasteiger partial charge in [-0.1, -0.05) is 6.92 Å². The van der Waals surface area contributed by atoms with Gasteiger partial charge in [0.2, 0.25) is 0 Å². The van der Waals surface area contributed by atoms with Gasteiger partial charge in [-0.25, -0.2) is 0 Å². The number of likely N-dealkylation sites (tertiary alicyclic amines) is 1. The molecule has 19 heavy (non-hydrogen) atoms. The summed E-state index contributed by atoms with van der Waals surface area (Å²) in [7, 11) is 0. The quantitative estimate of drug-likeness (QED) is 0.895. The number of hydrogen-bond donors (Lipinski definition) is 1. The maximum Gasteiger partial charge on any atom is 0.137 e. The lowest BCUT2D eigenvalue weighted by Gasteiger charge is -2.33. The van der Waals surface area contributed by atoms with E-state index in [2.05, 4.69) is 26.6 Å². The van der Waals surface area contributed by atoms with E-state index in [0.29, 0.717) is 5.92 Å². The topological polar surface area (TPSA) is 54.2 Å². The first-order valence-corrected chi connectivity index (χ1v) is 7.60. The average Bonchev–Trinajstić information content (AvgIpc) is 2.91. The number of piperidine rings is 1. The number of fused-ring (bicyclic) bond motifs is 1. The molecule has 1 aromatic heterocycles. The molecular formula is C14H24N4O. The Morgan fingerprint density at radius 1 is 1.26 bits per heavy atom. The standard InChI is InChI=1S/C14H24N4O/c1-2-17-8-4-5-11(9-17)14-16-15-13-7-3-6-12(10-19)18(13)14/h11-12,19H,2-10H2,1H3. The van der Waals surface area contributed by atoms with Gasteiger partial charge in [0.25, 0.3) is 0 Å². The van der Waals surface area contributed by atoms with Crippen molar-refractivity contribution in [3.63, 3.8) is 0 Å². The predicted molar refractivity (Wildman–Crippen MR) is 73.2 cm³/mol. The highest BCUT2D eigenvalue weighted by molar-refractivity contribution is 5.08. The highest BCUT2D eigenvalue weighted by Crippen LogP contribution is 2.31. The number of likely N-dealkylation sites (N-methyl/N-ethyl adjacent to an activating group) is 1. The highest BCUT2D eigenvalue weighted by atomic mass is 16.3. The summed E-state index contributed by atoms with van der Waals surface area (Å²) in [6, 6.07) is 0.200. The fourth-order valence-electron chi connectivity index (χ4n) is 3.54. The molecule has 1 N–H and O–H groups in total. The zero-order chi connectivity index (χ0) is 13.2. The first kappa shape index (κ1) is 13.1. The van der Waals surface area contributed by atoms with Crippen LogP contribution in [0.2, 0.25) is 0 Å². The number of aliphatic hydroxyl groups is 1. The third-order valence-corrected chi connectivity index (χ3v) is 4.62. The molecule has 3 heterocycles. The largest absolute Gasteiger partial charge is 0.394 e. The van der Waals surface area contributed by atoms with Crippen molar-refractivity contribution in [3.8, 4) is 0 Å². The van der Waals surface area contributed by atoms with Crippen LogP contribution < -0.4 is 0 Å². The Balaban J connectivity index is 1.86. The zero-order valence-corrected chi connectivity index (χ0v) is 11.8. The molecule has 0 amide bonds. The van der Waals surface area contributed by atoms with Crippen molar-refractivity contribution in [1.29, 1.82) is 0 Å². The summed E-state index contributed by atoms with van der Waals surface area (Å²) >= 11 is 0. The van der Waals surface area contributed by atoms with E-state index in [0.717, 1.165) is 44.0 Å². The number of hydrogen-bond acceptors (Lipinski definition) is 4. The van der Waals surface area contributed by atoms with Gasteiger partial charge in [-0.3, -0.25) is 0 Å². The maximum atomic E-state index is 9.59. The van der Waals surface area contributed by atoms with Crippen LogP contribution in [0, 0.1) is 0 Å². The molecule has 0 radical (unpaired) electrons. The van der Waals surface area contributed by atoms with Crippen LogP contribution in [0.3, 0.4) is 0 Å². The Morgan fingerprint density at radius 3 is 2.95 bits per heavy atom. The summed E-state index contributed by atoms with van der Waals surface area (Å²) in [5.41, 5.74) is 0. The normalized spacial score (nSPS) is 28.3. The predicted octanol–water partition coefficient (Wildman–Crippen LogP) is 1.35. The van der Waals surface area contributed by atoms with Gasteiger partial charge in [0.1, 0.15) is 11.6 Å². The van der Waals surface area contributed by atoms with Crippen LogP contribution >= 0.6 is 0 Å². The second-order valence-corrected chi connectivity index (χ2v) is 5.81. The Morgan fingerprint density at radius 2 is 2.16 bits per heavy atom. The second-order valence-electron chi connectivity index (χ2n) is 5.81. The van der Waals surface area contributed by atoms with Gasteiger partial charge in [-0.05, 0) is 38.8 Å². The monoisotopic (exact) mass is 264 g/mol. The Labute approximate surface area is 114 Å². The van der Waals surface area contributed by atoms with E-state index in [9.17, 15) is 5.11 Å². The highest BCUT2D eigenvalue weighted by Gasteiger charge is 2.30. The van der Waals surface area contributed by atoms with Gasteiger partial charge in [0.15, 0.2) is 0 Å². The van der Waals surface area contributed by atoms with E-state index in [1.54, 1.807) is 0 Å². The van der Waals surface area contributed by atoms with Crippen LogP contribution in [0.25, 0.3) is 0 Å². The van der Waals surface area contributed by atoms with Crippen molar-refractivity contribution in [2.75, 3.05) is 26.2 Å². The molecule has 1 aromatic rings. The minimum Gasteiger partial charge on any atom is -0.394 e. The van der Waals surface area contributed by atoms with E-state index in [4.69, 9.17) is 0 Å². The van der Waals surface area contributed by atoms with Crippen molar-refractivity contribution >= 4 is 0 Å². The van der Waals surface area contributed by atoms with Crippen LogP contribution in [0.1, 0.15) is 56.2 Å². The van der Waals surface area contributed by atoms with Gasteiger partial charge in [0, 0.05) is 18.9 Å². The molecule has 106 valence electrons. The molecule has 3 rings (SSSR count). The van der Waals surface area contributed by atoms with Gasteiger partial charge in [0.05, 0.1) is 12.6 Å². The number of aliphatic hydroxyl groups excluding tert-OH is 1. The Hall–Kier alpha value is -0.940. The number of aromatic nitrogens is 3. The SMILES string of the molecule is CCN1CCCC(c2nnc3n2C(CO)CCC3)C1. The summed E-state index contributed by atoms with van der Waals surface area (Å²) in [5, 5.41) is 18.4. The first-order chi connectivity index (χ1) is 9.33. The summed E-state index contributed by atoms with van der Waals surface area (Å²) < 4.78 is 2.24. The van der Waals surface area contributed by atoms with E-state index >= 15 is 0 Å². The van der Waals surface area contributed by atoms with E-state index in [1.807, 2.05) is 0 Å². The fourth-order valence-corrected chi connectivity index (χ4v) is 3.54. The summed E-state index contributed by atoms with van der Waals surface area (Å²) in [6.45, 7) is 5.84. The third-order valence-electron chi connectivity index (χ3n) is 4.62. The van der Waals surface area contributed by atoms with Crippen LogP contribution in [-0.4, -0.2) is 51.0 Å². The van der Waals surface area contributed by atoms with Crippen molar-refractivity contribution in [2.24, 2.45) is 0 Å². The molecule has 0 bridgehead atoms. The molecule has 2 atom stereocenters. The molecule has 2 aliphatic rings. The van der Waals surface area contributed by atoms with E-state index < -0.39 is 0 Å². The molecule has 0 aromatic carbocycles. The summed E-state index contributed by atoms with van der Waals surface area (Å²) in [4.78, 5) is 2.49. The van der Waals surface area contributed by atoms with Crippen LogP contribution in [0.15, 0.2) is 0 Å². The Kier molecular flexibility index (Phi) is 3.84. The average molecular weight is 264 g/mol. The van der Waals surface area contributed by atoms with Crippen molar-refractivity contribution in [3.05, 3.63) is 11.6 Å². The van der Waals surface area contributed by atoms with Gasteiger partial charge >= 0.3 is 0 Å². The minimum absolute atomic E-state index is 0.200. The molecule has 5 nitrogen and oxygen atoms in total. The third kappa shape index (κ3) is 2.41. The molecule has 0 saturated carbocycles. The zero-order valence-electron chi connectivity index (χ0n) is 11.8. The number of aryl methyl sites for hydroxylation is 1. The molecule has 2 unspecified atom stereocenters. The molecule has 1 fully saturated rings. The lowest BCUT2D eigenvalue weighted by atomic mass is 9.95. The van der Waals surface area contributed by atoms with Gasteiger partial charge in [-0.2, -0.15) is 0 Å². The van der Waals surface area contributed by atoms with Crippen molar-refractivity contribution < 1.29 is 5.11 Å². The minimum atomic E-state index is 0.200. The lowest BCUT2D eigenvalue weighted by molar-refractivity contribution is 0.186. The number of nitrogens with zero attached hydrogens (tertiary/aromatic N) is 4. The maximum absolute atomic E-state index is 9.59. The molecular weight excluding hydrogens is 240 g/mol. The van der Waals surface area contributed by atoms with E-state index in [-0.39, 0.29) is 12.6 Å². The summed E-state index contributed by atoms with van der Waals surface area (Å²) in [6.07, 6.45) is 5.62. The van der Waals surface area contributed by atoms with Gasteiger partial charge in [-0.15, -0.1) is 10.2 Å². The van der Waals surface area contributed by atoms with Crippen molar-refractivity contribution in [2.45, 2.75) is 51.0 Å². The summed E-state index contributed by atoms with van der Waals surface area (Å²) in [5.74, 6) is 2.68. The smallest absolute Gasteiger partial charge is 0.137 e. The van der Waals surface area contributed by atoms with Gasteiger partial charge < -0.3 is 14.6 Å². The van der Waals surface area contributed by atoms with Crippen LogP contribution in [0.4, 0.5) is 0 Å². The second kappa shape index (κ2) is 5.59. The van der Waals surface area contributed by atoms with E-state index in [1.165, 1.54) is 19.4 Å². The molecule has 0 spiro atoms. The first-order valence-electron chi connectivity index (χ1n) is 7.60. The lowest BCUT2D eigenvalue weighted by Crippen LogP contribution is -2.36. The van der Waals surface area contributed by atoms with Crippen LogP contribution in [-0.2, 0) is 6.42 Å². The molecule has 1 saturated heterocycles. The fraction of sp³-hybridized carbons (Fsp3) is 0.857. The molecule has 2 aliphatic heterocycles.